The van der Waals surface area contributed by atoms with Crippen molar-refractivity contribution in [2.45, 2.75) is 0 Å². The Morgan fingerprint density at radius 2 is 0.362 bits per heavy atom. The molecule has 2 nitrogen and oxygen atoms in total. The number of rotatable bonds is 6. The molecule has 0 aliphatic carbocycles. The van der Waals surface area contributed by atoms with Gasteiger partial charge in [0.1, 0.15) is 13.6 Å². The van der Waals surface area contributed by atoms with E-state index in [4.69, 9.17) is 9.59 Å². The fourth-order valence-corrected chi connectivity index (χ4v) is 8.97. The molecule has 0 saturated carbocycles. The Bertz CT molecular complexity index is 1240. The number of benzene rings is 6. The van der Waals surface area contributed by atoms with Crippen LogP contribution in [0, 0.1) is 0 Å². The van der Waals surface area contributed by atoms with E-state index in [1.807, 2.05) is 13.6 Å². The number of halogens is 4. The number of carbonyl (C=O) groups excluding carboxylic acids is 2. The van der Waals surface area contributed by atoms with Crippen LogP contribution in [0.4, 0.5) is 0 Å². The van der Waals surface area contributed by atoms with E-state index in [2.05, 4.69) is 182 Å². The van der Waals surface area contributed by atoms with E-state index in [1.54, 1.807) is 0 Å². The maximum atomic E-state index is 8.00. The van der Waals surface area contributed by atoms with Gasteiger partial charge in [-0.15, -0.1) is 0 Å². The number of hydrogen-bond acceptors (Lipinski definition) is 2. The molecular weight excluding hydrogens is 793 g/mol. The normalized spacial score (nSPS) is 8.72. The molecule has 0 heterocycles. The first-order chi connectivity index (χ1) is 20.9. The minimum Gasteiger partial charge on any atom is -1.00 e. The molecule has 0 atom stereocenters. The molecule has 0 aromatic heterocycles. The Kier molecular flexibility index (Phi) is 30.5. The molecule has 6 aromatic rings. The van der Waals surface area contributed by atoms with E-state index < -0.39 is 15.8 Å². The van der Waals surface area contributed by atoms with Crippen LogP contribution >= 0.6 is 15.8 Å². The summed E-state index contributed by atoms with van der Waals surface area (Å²) in [4.78, 5) is 16.0. The molecule has 47 heavy (non-hydrogen) atoms. The first-order valence-electron chi connectivity index (χ1n) is 13.4. The Labute approximate surface area is 319 Å². The van der Waals surface area contributed by atoms with Crippen LogP contribution in [-0.4, -0.2) is 13.6 Å². The molecule has 244 valence electrons. The van der Waals surface area contributed by atoms with E-state index in [1.165, 1.54) is 31.8 Å². The third-order valence-electron chi connectivity index (χ3n) is 6.09. The summed E-state index contributed by atoms with van der Waals surface area (Å²) < 4.78 is 0. The van der Waals surface area contributed by atoms with E-state index in [0.29, 0.717) is 0 Å². The van der Waals surface area contributed by atoms with Crippen molar-refractivity contribution in [2.24, 2.45) is 0 Å². The van der Waals surface area contributed by atoms with Gasteiger partial charge in [-0.3, -0.25) is 0 Å². The van der Waals surface area contributed by atoms with Crippen molar-refractivity contribution in [3.8, 4) is 0 Å². The predicted molar refractivity (Wildman–Crippen MR) is 185 cm³/mol. The van der Waals surface area contributed by atoms with Crippen LogP contribution in [0.2, 0.25) is 0 Å². The minimum atomic E-state index is -0.446. The Hall–Kier alpha value is -2.70. The third kappa shape index (κ3) is 15.4. The van der Waals surface area contributed by atoms with Gasteiger partial charge in [-0.2, -0.15) is 0 Å². The van der Waals surface area contributed by atoms with E-state index >= 15 is 0 Å². The van der Waals surface area contributed by atoms with E-state index in [-0.39, 0.29) is 69.1 Å². The van der Waals surface area contributed by atoms with Crippen molar-refractivity contribution in [3.63, 3.8) is 0 Å². The van der Waals surface area contributed by atoms with Crippen molar-refractivity contribution < 1.29 is 78.7 Å². The molecule has 9 heteroatoms. The van der Waals surface area contributed by atoms with Gasteiger partial charge in [0.15, 0.2) is 0 Å². The fraction of sp³-hybridized carbons (Fsp3) is 0. The van der Waals surface area contributed by atoms with Gasteiger partial charge < -0.3 is 59.2 Å². The molecule has 0 aliphatic heterocycles. The zero-order chi connectivity index (χ0) is 29.8. The molecule has 0 radical (unpaired) electrons. The van der Waals surface area contributed by atoms with Gasteiger partial charge in [0, 0.05) is 0 Å². The summed E-state index contributed by atoms with van der Waals surface area (Å²) in [5.74, 6) is 0. The maximum absolute atomic E-state index is 8.00. The summed E-state index contributed by atoms with van der Waals surface area (Å²) in [5.41, 5.74) is 0. The third-order valence-corrected chi connectivity index (χ3v) is 11.0. The van der Waals surface area contributed by atoms with E-state index in [0.717, 1.165) is 0 Å². The smallest absolute Gasteiger partial charge is 1.00 e. The van der Waals surface area contributed by atoms with Crippen molar-refractivity contribution in [1.29, 1.82) is 0 Å². The zero-order valence-electron chi connectivity index (χ0n) is 25.3. The summed E-state index contributed by atoms with van der Waals surface area (Å²) in [5, 5.41) is 8.39. The number of hydrogen-bond donors (Lipinski definition) is 0. The molecule has 0 N–H and O–H groups in total. The van der Waals surface area contributed by atoms with Crippen LogP contribution in [-0.2, 0) is 29.1 Å². The van der Waals surface area contributed by atoms with Gasteiger partial charge in [0.2, 0.25) is 0 Å². The molecule has 0 fully saturated rings. The van der Waals surface area contributed by atoms with Crippen LogP contribution in [0.3, 0.4) is 0 Å². The second-order valence-electron chi connectivity index (χ2n) is 8.68. The quantitative estimate of drug-likeness (QED) is 0.124. The molecule has 6 rings (SSSR count). The standard InChI is InChI=1S/2C18H15P.2CH2O.4ClH.Ru/c2*1-4-10-16(11-5-1)19(17-12-6-2-7-13-17)18-14-8-3-9-15-18;2*1-2;;;;;/h2*1-15H;2*1H2;4*1H;/q;;;;;;;;+4/p-4. The first kappa shape index (κ1) is 48.7. The minimum absolute atomic E-state index is 0. The fourth-order valence-electron chi connectivity index (χ4n) is 4.36. The monoisotopic (exact) mass is 826 g/mol. The van der Waals surface area contributed by atoms with Crippen LogP contribution in [0.5, 0.6) is 0 Å². The predicted octanol–water partition coefficient (Wildman–Crippen LogP) is -5.47. The van der Waals surface area contributed by atoms with Crippen LogP contribution in [0.1, 0.15) is 0 Å². The Morgan fingerprint density at radius 3 is 0.468 bits per heavy atom. The van der Waals surface area contributed by atoms with Crippen molar-refractivity contribution in [2.75, 3.05) is 0 Å². The summed E-state index contributed by atoms with van der Waals surface area (Å²) in [6.45, 7) is 4.00. The summed E-state index contributed by atoms with van der Waals surface area (Å²) in [6.07, 6.45) is 0. The molecule has 0 saturated heterocycles. The average Bonchev–Trinajstić information content (AvgIpc) is 3.10. The summed E-state index contributed by atoms with van der Waals surface area (Å²) in [6, 6.07) is 64.7. The van der Waals surface area contributed by atoms with Gasteiger partial charge >= 0.3 is 19.5 Å². The van der Waals surface area contributed by atoms with Crippen LogP contribution in [0.25, 0.3) is 0 Å². The van der Waals surface area contributed by atoms with Crippen molar-refractivity contribution in [1.82, 2.24) is 0 Å². The van der Waals surface area contributed by atoms with Gasteiger partial charge in [0.05, 0.1) is 0 Å². The molecule has 0 aliphatic rings. The zero-order valence-corrected chi connectivity index (χ0v) is 31.9. The van der Waals surface area contributed by atoms with Crippen molar-refractivity contribution in [3.05, 3.63) is 182 Å². The van der Waals surface area contributed by atoms with Gasteiger partial charge in [-0.05, 0) is 47.7 Å². The second kappa shape index (κ2) is 29.4. The average molecular weight is 828 g/mol. The van der Waals surface area contributed by atoms with Gasteiger partial charge in [-0.25, -0.2) is 0 Å². The van der Waals surface area contributed by atoms with Gasteiger partial charge in [-0.1, -0.05) is 182 Å². The maximum Gasteiger partial charge on any atom is 4.00 e. The molecule has 0 amide bonds. The largest absolute Gasteiger partial charge is 4.00 e. The van der Waals surface area contributed by atoms with Crippen molar-refractivity contribution >= 4 is 61.2 Å². The molecule has 0 bridgehead atoms. The molecule has 0 spiro atoms. The number of carbonyl (C=O) groups is 2. The Balaban J connectivity index is -0.000000680. The summed E-state index contributed by atoms with van der Waals surface area (Å²) >= 11 is 0. The van der Waals surface area contributed by atoms with E-state index in [9.17, 15) is 0 Å². The second-order valence-corrected chi connectivity index (χ2v) is 13.1. The summed E-state index contributed by atoms with van der Waals surface area (Å²) in [7, 11) is -0.892. The van der Waals surface area contributed by atoms with Gasteiger partial charge in [0.25, 0.3) is 0 Å². The molecule has 6 aromatic carbocycles. The molecule has 0 unspecified atom stereocenters. The Morgan fingerprint density at radius 1 is 0.255 bits per heavy atom. The van der Waals surface area contributed by atoms with Crippen LogP contribution < -0.4 is 81.5 Å². The molecular formula is C38H34Cl4O2P2Ru. The topological polar surface area (TPSA) is 34.1 Å². The first-order valence-corrected chi connectivity index (χ1v) is 16.1. The van der Waals surface area contributed by atoms with Crippen LogP contribution in [0.15, 0.2) is 182 Å². The SMILES string of the molecule is C=O.C=O.[Cl-].[Cl-].[Cl-].[Cl-].[Ru+4].c1ccc(P(c2ccccc2)c2ccccc2)cc1.c1ccc(P(c2ccccc2)c2ccccc2)cc1.